The summed E-state index contributed by atoms with van der Waals surface area (Å²) in [5, 5.41) is 0. The summed E-state index contributed by atoms with van der Waals surface area (Å²) < 4.78 is 54.9. The Morgan fingerprint density at radius 3 is 2.09 bits per heavy atom. The number of Topliss-reactive ketones (excluding diaryl/α,β-unsaturated/α-hetero) is 1. The van der Waals surface area contributed by atoms with Gasteiger partial charge < -0.3 is 0 Å². The van der Waals surface area contributed by atoms with E-state index < -0.39 is 20.2 Å². The lowest BCUT2D eigenvalue weighted by Crippen LogP contribution is -2.53. The van der Waals surface area contributed by atoms with Gasteiger partial charge in [-0.05, 0) is 67.6 Å². The van der Waals surface area contributed by atoms with Crippen LogP contribution in [0.1, 0.15) is 29.5 Å². The van der Waals surface area contributed by atoms with Gasteiger partial charge >= 0.3 is 10.2 Å². The van der Waals surface area contributed by atoms with Crippen LogP contribution in [0, 0.1) is 11.8 Å². The first kappa shape index (κ1) is 21.9. The average molecular weight is 503 g/mol. The number of fused-ring (bicyclic) bond motifs is 4. The molecule has 4 atom stereocenters. The van der Waals surface area contributed by atoms with E-state index in [1.807, 2.05) is 30.3 Å². The lowest BCUT2D eigenvalue weighted by molar-refractivity contribution is -0.134. The van der Waals surface area contributed by atoms with Gasteiger partial charge in [-0.25, -0.2) is 8.42 Å². The zero-order chi connectivity index (χ0) is 23.8. The van der Waals surface area contributed by atoms with Crippen LogP contribution in [-0.4, -0.2) is 46.7 Å². The van der Waals surface area contributed by atoms with Crippen molar-refractivity contribution in [3.63, 3.8) is 0 Å². The largest absolute Gasteiger partial charge is 0.321 e. The van der Waals surface area contributed by atoms with E-state index >= 15 is 0 Å². The van der Waals surface area contributed by atoms with E-state index in [4.69, 9.17) is 0 Å². The van der Waals surface area contributed by atoms with Gasteiger partial charge in [0.1, 0.15) is 5.78 Å². The van der Waals surface area contributed by atoms with Crippen LogP contribution >= 0.6 is 0 Å². The van der Waals surface area contributed by atoms with Gasteiger partial charge in [-0.15, -0.1) is 0 Å². The van der Waals surface area contributed by atoms with Gasteiger partial charge in [0.15, 0.2) is 0 Å². The van der Waals surface area contributed by atoms with E-state index in [0.29, 0.717) is 29.9 Å². The molecule has 2 aromatic rings. The monoisotopic (exact) mass is 502 g/mol. The van der Waals surface area contributed by atoms with Crippen LogP contribution in [0.5, 0.6) is 0 Å². The minimum Gasteiger partial charge on any atom is -0.299 e. The molecule has 11 heteroatoms. The number of anilines is 3. The molecule has 180 valence electrons. The Balaban J connectivity index is 1.25. The van der Waals surface area contributed by atoms with E-state index in [9.17, 15) is 21.6 Å². The summed E-state index contributed by atoms with van der Waals surface area (Å²) in [6.45, 7) is 0. The van der Waals surface area contributed by atoms with E-state index in [2.05, 4.69) is 26.1 Å². The molecule has 2 saturated heterocycles. The molecule has 9 nitrogen and oxygen atoms in total. The summed E-state index contributed by atoms with van der Waals surface area (Å²) in [5.41, 5.74) is 4.28. The summed E-state index contributed by atoms with van der Waals surface area (Å²) in [6.07, 6.45) is 3.03. The van der Waals surface area contributed by atoms with Crippen LogP contribution in [0.4, 0.5) is 17.1 Å². The van der Waals surface area contributed by atoms with E-state index in [1.54, 1.807) is 6.07 Å². The molecule has 4 aliphatic rings. The van der Waals surface area contributed by atoms with Crippen molar-refractivity contribution in [1.29, 1.82) is 0 Å². The predicted octanol–water partition coefficient (Wildman–Crippen LogP) is 2.09. The van der Waals surface area contributed by atoms with Crippen molar-refractivity contribution in [3.8, 4) is 0 Å². The first-order valence-electron chi connectivity index (χ1n) is 11.4. The van der Waals surface area contributed by atoms with Crippen molar-refractivity contribution in [1.82, 2.24) is 4.90 Å². The fraction of sp³-hybridized carbons (Fsp3) is 0.435. The zero-order valence-electron chi connectivity index (χ0n) is 18.6. The molecule has 0 aliphatic carbocycles. The fourth-order valence-electron chi connectivity index (χ4n) is 6.19. The van der Waals surface area contributed by atoms with Gasteiger partial charge in [-0.3, -0.25) is 23.9 Å². The van der Waals surface area contributed by atoms with Crippen molar-refractivity contribution < 1.29 is 21.6 Å². The Hall–Kier alpha value is -2.63. The van der Waals surface area contributed by atoms with Gasteiger partial charge in [-0.1, -0.05) is 18.2 Å². The molecule has 3 N–H and O–H groups in total. The second-order valence-electron chi connectivity index (χ2n) is 9.84. The molecule has 2 aromatic carbocycles. The molecule has 4 aliphatic heterocycles. The first-order chi connectivity index (χ1) is 16.1. The third-order valence-electron chi connectivity index (χ3n) is 7.73. The minimum absolute atomic E-state index is 0.00740. The fourth-order valence-corrected chi connectivity index (χ4v) is 8.42. The Kier molecular flexibility index (Phi) is 4.78. The Labute approximate surface area is 199 Å². The Bertz CT molecular complexity index is 1320. The highest BCUT2D eigenvalue weighted by Gasteiger charge is 2.50. The summed E-state index contributed by atoms with van der Waals surface area (Å²) in [5.74, 6) is -0.108. The molecule has 4 unspecified atom stereocenters. The summed E-state index contributed by atoms with van der Waals surface area (Å²) in [6, 6.07) is 11.4. The van der Waals surface area contributed by atoms with Crippen LogP contribution in [0.15, 0.2) is 36.4 Å². The van der Waals surface area contributed by atoms with Crippen LogP contribution in [0.2, 0.25) is 0 Å². The average Bonchev–Trinajstić information content (AvgIpc) is 3.35. The molecule has 0 radical (unpaired) electrons. The van der Waals surface area contributed by atoms with E-state index in [1.165, 1.54) is 0 Å². The number of ketones is 1. The van der Waals surface area contributed by atoms with Gasteiger partial charge in [0.25, 0.3) is 0 Å². The number of piperidine rings is 1. The molecule has 0 aromatic heterocycles. The molecule has 0 spiro atoms. The second-order valence-corrected chi connectivity index (χ2v) is 13.0. The number of rotatable bonds is 4. The third kappa shape index (κ3) is 3.66. The number of carbonyl (C=O) groups is 1. The van der Waals surface area contributed by atoms with Crippen molar-refractivity contribution in [2.45, 2.75) is 43.5 Å². The summed E-state index contributed by atoms with van der Waals surface area (Å²) in [4.78, 5) is 16.1. The molecule has 34 heavy (non-hydrogen) atoms. The van der Waals surface area contributed by atoms with Gasteiger partial charge in [0.05, 0.1) is 22.8 Å². The highest BCUT2D eigenvalue weighted by Crippen LogP contribution is 2.43. The SMILES string of the molecule is CN1C2CCC1C(Cc1ccc3c(c1)NS(=O)(=O)N3)C(=O)C2Cc1ccc2c(c1)NS(=O)(=O)C2. The number of sulfonamides is 1. The number of hydrogen-bond acceptors (Lipinski definition) is 6. The van der Waals surface area contributed by atoms with Crippen LogP contribution in [0.25, 0.3) is 0 Å². The number of carbonyl (C=O) groups excluding carboxylic acids is 1. The molecule has 0 saturated carbocycles. The lowest BCUT2D eigenvalue weighted by Gasteiger charge is -2.41. The van der Waals surface area contributed by atoms with Crippen LogP contribution < -0.4 is 14.2 Å². The lowest BCUT2D eigenvalue weighted by atomic mass is 9.76. The maximum atomic E-state index is 13.8. The number of nitrogens with zero attached hydrogens (tertiary/aromatic N) is 1. The van der Waals surface area contributed by atoms with Gasteiger partial charge in [0.2, 0.25) is 10.0 Å². The maximum absolute atomic E-state index is 13.8. The highest BCUT2D eigenvalue weighted by molar-refractivity contribution is 7.94. The minimum atomic E-state index is -3.56. The number of hydrogen-bond donors (Lipinski definition) is 3. The van der Waals surface area contributed by atoms with Gasteiger partial charge in [0, 0.05) is 23.9 Å². The molecule has 6 rings (SSSR count). The number of nitrogens with one attached hydrogen (secondary N) is 3. The van der Waals surface area contributed by atoms with Crippen LogP contribution in [0.3, 0.4) is 0 Å². The molecule has 4 heterocycles. The van der Waals surface area contributed by atoms with Crippen molar-refractivity contribution in [2.24, 2.45) is 11.8 Å². The van der Waals surface area contributed by atoms with Crippen LogP contribution in [-0.2, 0) is 43.6 Å². The van der Waals surface area contributed by atoms with Crippen molar-refractivity contribution in [2.75, 3.05) is 21.2 Å². The van der Waals surface area contributed by atoms with Crippen molar-refractivity contribution in [3.05, 3.63) is 53.1 Å². The Morgan fingerprint density at radius 2 is 1.41 bits per heavy atom. The molecule has 0 amide bonds. The summed E-state index contributed by atoms with van der Waals surface area (Å²) in [7, 11) is -4.78. The normalized spacial score (nSPS) is 30.2. The zero-order valence-corrected chi connectivity index (χ0v) is 20.2. The first-order valence-corrected chi connectivity index (χ1v) is 14.5. The van der Waals surface area contributed by atoms with Gasteiger partial charge in [-0.2, -0.15) is 8.42 Å². The van der Waals surface area contributed by atoms with Crippen molar-refractivity contribution >= 4 is 43.1 Å². The second kappa shape index (κ2) is 7.43. The van der Waals surface area contributed by atoms with E-state index in [-0.39, 0.29) is 35.5 Å². The molecular weight excluding hydrogens is 476 g/mol. The quantitative estimate of drug-likeness (QED) is 0.588. The predicted molar refractivity (Wildman–Crippen MR) is 129 cm³/mol. The summed E-state index contributed by atoms with van der Waals surface area (Å²) >= 11 is 0. The standard InChI is InChI=1S/C23H26N4O5S2/c1-27-21-6-7-22(27)17(9-14-3-5-18-20(11-14)26-34(31,32)25-18)23(28)16(21)8-13-2-4-15-12-33(29,30)24-19(15)10-13/h2-5,10-11,16-17,21-22,24-26H,6-9,12H2,1H3. The molecule has 2 bridgehead atoms. The maximum Gasteiger partial charge on any atom is 0.321 e. The third-order valence-corrected chi connectivity index (χ3v) is 9.93. The number of benzene rings is 2. The Morgan fingerprint density at radius 1 is 0.824 bits per heavy atom. The topological polar surface area (TPSA) is 125 Å². The molecular formula is C23H26N4O5S2. The smallest absolute Gasteiger partial charge is 0.299 e. The van der Waals surface area contributed by atoms with E-state index in [0.717, 1.165) is 29.5 Å². The molecule has 2 fully saturated rings. The highest BCUT2D eigenvalue weighted by atomic mass is 32.2.